The Kier molecular flexibility index (Phi) is 7.28. The van der Waals surface area contributed by atoms with Crippen molar-refractivity contribution in [2.45, 2.75) is 26.4 Å². The first kappa shape index (κ1) is 16.5. The van der Waals surface area contributed by atoms with Crippen molar-refractivity contribution in [3.63, 3.8) is 0 Å². The van der Waals surface area contributed by atoms with Crippen LogP contribution in [0.5, 0.6) is 5.75 Å². The average molecular weight is 256 g/mol. The van der Waals surface area contributed by atoms with E-state index in [0.29, 0.717) is 6.42 Å². The molecule has 0 heterocycles. The summed E-state index contributed by atoms with van der Waals surface area (Å²) < 4.78 is 43.0. The fraction of sp³-hybridized carbons (Fsp3) is 0.400. The number of ether oxygens (including phenoxy) is 1. The van der Waals surface area contributed by atoms with E-state index in [1.54, 1.807) is 13.0 Å². The summed E-state index contributed by atoms with van der Waals surface area (Å²) in [7, 11) is 0. The Morgan fingerprint density at radius 2 is 1.81 bits per heavy atom. The van der Waals surface area contributed by atoms with Gasteiger partial charge in [0.15, 0.2) is 0 Å². The Hall–Kier alpha value is 0.511. The minimum Gasteiger partial charge on any atom is -0.494 e. The van der Waals surface area contributed by atoms with E-state index in [1.165, 1.54) is 12.1 Å². The zero-order valence-electron chi connectivity index (χ0n) is 9.71. The van der Waals surface area contributed by atoms with Gasteiger partial charge in [0, 0.05) is 0 Å². The summed E-state index contributed by atoms with van der Waals surface area (Å²) >= 11 is 0. The van der Waals surface area contributed by atoms with Crippen LogP contribution in [0.1, 0.15) is 20.3 Å². The first-order valence-corrected chi connectivity index (χ1v) is 4.90. The van der Waals surface area contributed by atoms with E-state index in [0.717, 1.165) is 6.07 Å². The number of hydrogen-bond donors (Lipinski definition) is 0. The molecule has 1 unspecified atom stereocenters. The Balaban J connectivity index is 0.00000225. The van der Waals surface area contributed by atoms with Crippen molar-refractivity contribution in [2.75, 3.05) is 0 Å². The third-order valence-electron chi connectivity index (χ3n) is 2.17. The van der Waals surface area contributed by atoms with E-state index in [4.69, 9.17) is 4.74 Å². The molecule has 0 spiro atoms. The van der Waals surface area contributed by atoms with Crippen molar-refractivity contribution in [1.29, 1.82) is 0 Å². The van der Waals surface area contributed by atoms with Crippen LogP contribution in [0.2, 0.25) is 0 Å². The Bertz CT molecular complexity index is 330. The van der Waals surface area contributed by atoms with Crippen LogP contribution in [-0.4, -0.2) is 13.1 Å². The van der Waals surface area contributed by atoms with Gasteiger partial charge < -0.3 is 17.7 Å². The molecule has 1 atom stereocenters. The van der Waals surface area contributed by atoms with Gasteiger partial charge in [-0.3, -0.25) is 0 Å². The quantitative estimate of drug-likeness (QED) is 0.685. The number of rotatable bonds is 4. The van der Waals surface area contributed by atoms with Crippen LogP contribution in [0.15, 0.2) is 24.3 Å². The third-order valence-corrected chi connectivity index (χ3v) is 2.17. The van der Waals surface area contributed by atoms with E-state index in [-0.39, 0.29) is 63.2 Å². The maximum atomic E-state index is 12.6. The molecule has 6 heteroatoms. The molecule has 0 amide bonds. The number of para-hydroxylation sites is 1. The van der Waals surface area contributed by atoms with E-state index < -0.39 is 12.4 Å². The topological polar surface area (TPSA) is 9.23 Å². The average Bonchev–Trinajstić information content (AvgIpc) is 2.17. The van der Waals surface area contributed by atoms with Crippen LogP contribution in [-0.2, 0) is 0 Å². The van der Waals surface area contributed by atoms with E-state index in [2.05, 4.69) is 0 Å². The Morgan fingerprint density at radius 3 is 2.31 bits per heavy atom. The van der Waals surface area contributed by atoms with Crippen molar-refractivity contribution < 1.29 is 69.1 Å². The molecule has 0 saturated heterocycles. The molecule has 1 aromatic rings. The molecule has 0 aliphatic rings. The number of halogens is 3. The molecule has 0 radical (unpaired) electrons. The summed E-state index contributed by atoms with van der Waals surface area (Å²) in [5, 5.41) is 0. The molecule has 1 aromatic carbocycles. The van der Waals surface area contributed by atoms with Crippen molar-refractivity contribution >= 4 is 12.4 Å². The normalized spacial score (nSPS) is 12.8. The predicted octanol–water partition coefficient (Wildman–Crippen LogP) is -0.0777. The van der Waals surface area contributed by atoms with Crippen molar-refractivity contribution in [3.8, 4) is 5.75 Å². The zero-order chi connectivity index (χ0) is 11.5. The van der Waals surface area contributed by atoms with Gasteiger partial charge in [0.1, 0.15) is 0 Å². The van der Waals surface area contributed by atoms with Gasteiger partial charge in [-0.1, -0.05) is 30.6 Å². The first-order chi connectivity index (χ1) is 6.95. The monoisotopic (exact) mass is 256 g/mol. The van der Waals surface area contributed by atoms with E-state index in [9.17, 15) is 12.9 Å². The minimum absolute atomic E-state index is 0. The molecule has 0 N–H and O–H groups in total. The molecular weight excluding hydrogens is 243 g/mol. The largest absolute Gasteiger partial charge is 1.00 e. The molecule has 0 fully saturated rings. The molecule has 0 bridgehead atoms. The summed E-state index contributed by atoms with van der Waals surface area (Å²) in [6, 6.07) is 5.32. The van der Waals surface area contributed by atoms with Crippen molar-refractivity contribution in [1.82, 2.24) is 0 Å². The smallest absolute Gasteiger partial charge is 0.494 e. The van der Waals surface area contributed by atoms with Gasteiger partial charge in [-0.15, -0.1) is 0 Å². The van der Waals surface area contributed by atoms with Crippen molar-refractivity contribution in [3.05, 3.63) is 24.3 Å². The standard InChI is InChI=1S/C10H13BF3O.K/c1-3-8(2)15-10-7-5-4-6-9(10)11(12,13)14;/h4-8H,3H2,1-2H3;/q-1;+1. The van der Waals surface area contributed by atoms with Gasteiger partial charge in [0.2, 0.25) is 0 Å². The zero-order valence-corrected chi connectivity index (χ0v) is 12.8. The molecule has 1 rings (SSSR count). The minimum atomic E-state index is -5.00. The van der Waals surface area contributed by atoms with Crippen LogP contribution < -0.4 is 61.6 Å². The summed E-state index contributed by atoms with van der Waals surface area (Å²) in [5.41, 5.74) is -0.655. The molecular formula is C10H13BF3KO. The Labute approximate surface area is 136 Å². The Morgan fingerprint density at radius 1 is 1.25 bits per heavy atom. The molecule has 16 heavy (non-hydrogen) atoms. The van der Waals surface area contributed by atoms with Gasteiger partial charge in [0.05, 0.1) is 11.9 Å². The molecule has 0 saturated carbocycles. The summed E-state index contributed by atoms with van der Waals surface area (Å²) in [4.78, 5) is 0. The second kappa shape index (κ2) is 7.06. The molecule has 0 aromatic heterocycles. The van der Waals surface area contributed by atoms with Crippen LogP contribution in [0, 0.1) is 0 Å². The van der Waals surface area contributed by atoms with E-state index >= 15 is 0 Å². The first-order valence-electron chi connectivity index (χ1n) is 4.90. The second-order valence-electron chi connectivity index (χ2n) is 3.45. The molecule has 1 nitrogen and oxygen atoms in total. The molecule has 0 aliphatic carbocycles. The van der Waals surface area contributed by atoms with Gasteiger partial charge in [-0.2, -0.15) is 0 Å². The van der Waals surface area contributed by atoms with Crippen LogP contribution in [0.4, 0.5) is 12.9 Å². The molecule has 0 aliphatic heterocycles. The maximum absolute atomic E-state index is 12.6. The van der Waals surface area contributed by atoms with Gasteiger partial charge in [0.25, 0.3) is 0 Å². The van der Waals surface area contributed by atoms with Crippen LogP contribution in [0.3, 0.4) is 0 Å². The molecule has 84 valence electrons. The summed E-state index contributed by atoms with van der Waals surface area (Å²) in [5.74, 6) is -0.0700. The maximum Gasteiger partial charge on any atom is 1.00 e. The third kappa shape index (κ3) is 4.79. The van der Waals surface area contributed by atoms with E-state index in [1.807, 2.05) is 6.92 Å². The number of hydrogen-bond acceptors (Lipinski definition) is 1. The second-order valence-corrected chi connectivity index (χ2v) is 3.45. The van der Waals surface area contributed by atoms with Crippen molar-refractivity contribution in [2.24, 2.45) is 0 Å². The predicted molar refractivity (Wildman–Crippen MR) is 55.5 cm³/mol. The van der Waals surface area contributed by atoms with Crippen LogP contribution in [0.25, 0.3) is 0 Å². The fourth-order valence-corrected chi connectivity index (χ4v) is 1.16. The summed E-state index contributed by atoms with van der Waals surface area (Å²) in [6.45, 7) is -1.38. The summed E-state index contributed by atoms with van der Waals surface area (Å²) in [6.07, 6.45) is 0.475. The van der Waals surface area contributed by atoms with Gasteiger partial charge in [-0.05, 0) is 19.4 Å². The van der Waals surface area contributed by atoms with Gasteiger partial charge in [-0.25, -0.2) is 0 Å². The van der Waals surface area contributed by atoms with Gasteiger partial charge >= 0.3 is 58.4 Å². The number of benzene rings is 1. The SMILES string of the molecule is CCC(C)Oc1ccccc1[B-](F)(F)F.[K+]. The fourth-order valence-electron chi connectivity index (χ4n) is 1.16. The van der Waals surface area contributed by atoms with Crippen LogP contribution >= 0.6 is 0 Å².